The molecule has 1 aromatic rings. The molecule has 0 saturated heterocycles. The number of aromatic nitrogens is 1. The summed E-state index contributed by atoms with van der Waals surface area (Å²) in [6, 6.07) is 5.15. The zero-order valence-electron chi connectivity index (χ0n) is 7.64. The zero-order chi connectivity index (χ0) is 9.68. The lowest BCUT2D eigenvalue weighted by Gasteiger charge is -2.00. The Morgan fingerprint density at radius 1 is 1.54 bits per heavy atom. The Labute approximate surface area is 76.9 Å². The Balaban J connectivity index is 2.70. The minimum absolute atomic E-state index is 0.325. The van der Waals surface area contributed by atoms with Gasteiger partial charge in [0.15, 0.2) is 0 Å². The van der Waals surface area contributed by atoms with Gasteiger partial charge in [0.25, 0.3) is 5.91 Å². The molecule has 1 rings (SSSR count). The van der Waals surface area contributed by atoms with Crippen LogP contribution in [0.4, 0.5) is 0 Å². The van der Waals surface area contributed by atoms with Crippen LogP contribution in [0.25, 0.3) is 0 Å². The molecule has 13 heavy (non-hydrogen) atoms. The monoisotopic (exact) mass is 177 g/mol. The molecule has 0 spiro atoms. The molecule has 0 aliphatic heterocycles. The molecule has 1 aromatic heterocycles. The van der Waals surface area contributed by atoms with Crippen molar-refractivity contribution in [3.63, 3.8) is 0 Å². The molecule has 0 atom stereocenters. The van der Waals surface area contributed by atoms with Crippen LogP contribution in [0.3, 0.4) is 0 Å². The third-order valence-electron chi connectivity index (χ3n) is 1.29. The largest absolute Gasteiger partial charge is 0.369 e. The molecule has 0 fully saturated rings. The van der Waals surface area contributed by atoms with Gasteiger partial charge in [-0.2, -0.15) is 4.99 Å². The third kappa shape index (κ3) is 3.02. The predicted molar refractivity (Wildman–Crippen MR) is 50.7 cm³/mol. The molecule has 68 valence electrons. The SMILES string of the molecule is CN(C)/C=N\C(=O)c1ccccn1. The molecule has 0 aromatic carbocycles. The zero-order valence-corrected chi connectivity index (χ0v) is 7.64. The number of hydrogen-bond acceptors (Lipinski definition) is 2. The molecule has 0 bridgehead atoms. The van der Waals surface area contributed by atoms with Gasteiger partial charge in [-0.05, 0) is 12.1 Å². The Morgan fingerprint density at radius 3 is 2.85 bits per heavy atom. The van der Waals surface area contributed by atoms with Crippen molar-refractivity contribution >= 4 is 12.2 Å². The van der Waals surface area contributed by atoms with Crippen LogP contribution in [0.1, 0.15) is 10.5 Å². The highest BCUT2D eigenvalue weighted by Crippen LogP contribution is 1.95. The summed E-state index contributed by atoms with van der Waals surface area (Å²) in [6.07, 6.45) is 3.02. The standard InChI is InChI=1S/C9H11N3O/c1-12(2)7-11-9(13)8-5-3-4-6-10-8/h3-7H,1-2H3/b11-7-. The highest BCUT2D eigenvalue weighted by atomic mass is 16.1. The number of amides is 1. The molecular weight excluding hydrogens is 166 g/mol. The van der Waals surface area contributed by atoms with Crippen molar-refractivity contribution in [3.8, 4) is 0 Å². The summed E-state index contributed by atoms with van der Waals surface area (Å²) in [7, 11) is 3.60. The van der Waals surface area contributed by atoms with Crippen LogP contribution in [-0.4, -0.2) is 36.2 Å². The predicted octanol–water partition coefficient (Wildman–Crippen LogP) is 0.812. The number of carbonyl (C=O) groups is 1. The van der Waals surface area contributed by atoms with Gasteiger partial charge in [-0.3, -0.25) is 9.78 Å². The highest BCUT2D eigenvalue weighted by Gasteiger charge is 2.01. The third-order valence-corrected chi connectivity index (χ3v) is 1.29. The lowest BCUT2D eigenvalue weighted by molar-refractivity contribution is 0.0997. The first-order valence-corrected chi connectivity index (χ1v) is 3.86. The number of pyridine rings is 1. The summed E-state index contributed by atoms with van der Waals surface area (Å²) in [6.45, 7) is 0. The first-order chi connectivity index (χ1) is 6.20. The van der Waals surface area contributed by atoms with Gasteiger partial charge in [0, 0.05) is 20.3 Å². The fourth-order valence-electron chi connectivity index (χ4n) is 0.723. The van der Waals surface area contributed by atoms with E-state index in [0.29, 0.717) is 5.69 Å². The van der Waals surface area contributed by atoms with E-state index in [2.05, 4.69) is 9.98 Å². The van der Waals surface area contributed by atoms with Crippen molar-refractivity contribution in [2.75, 3.05) is 14.1 Å². The van der Waals surface area contributed by atoms with Gasteiger partial charge in [-0.15, -0.1) is 0 Å². The molecule has 0 aliphatic rings. The van der Waals surface area contributed by atoms with E-state index in [1.54, 1.807) is 43.4 Å². The maximum Gasteiger partial charge on any atom is 0.296 e. The Morgan fingerprint density at radius 2 is 2.31 bits per heavy atom. The minimum Gasteiger partial charge on any atom is -0.369 e. The number of aliphatic imine (C=N–C) groups is 1. The lowest BCUT2D eigenvalue weighted by Crippen LogP contribution is -2.10. The van der Waals surface area contributed by atoms with Crippen molar-refractivity contribution in [2.24, 2.45) is 4.99 Å². The van der Waals surface area contributed by atoms with E-state index < -0.39 is 0 Å². The maximum atomic E-state index is 11.3. The average molecular weight is 177 g/mol. The van der Waals surface area contributed by atoms with Crippen molar-refractivity contribution in [1.82, 2.24) is 9.88 Å². The molecule has 0 saturated carbocycles. The van der Waals surface area contributed by atoms with Gasteiger partial charge < -0.3 is 4.90 Å². The van der Waals surface area contributed by atoms with E-state index in [0.717, 1.165) is 0 Å². The molecule has 4 heteroatoms. The molecule has 0 aliphatic carbocycles. The Kier molecular flexibility index (Phi) is 3.14. The highest BCUT2D eigenvalue weighted by molar-refractivity contribution is 5.96. The fraction of sp³-hybridized carbons (Fsp3) is 0.222. The van der Waals surface area contributed by atoms with E-state index in [4.69, 9.17) is 0 Å². The van der Waals surface area contributed by atoms with Gasteiger partial charge >= 0.3 is 0 Å². The van der Waals surface area contributed by atoms with Crippen LogP contribution in [0.5, 0.6) is 0 Å². The average Bonchev–Trinajstić information content (AvgIpc) is 2.15. The molecule has 0 radical (unpaired) electrons. The van der Waals surface area contributed by atoms with Crippen LogP contribution in [0.15, 0.2) is 29.4 Å². The second-order valence-electron chi connectivity index (χ2n) is 2.73. The summed E-state index contributed by atoms with van der Waals surface area (Å²) >= 11 is 0. The van der Waals surface area contributed by atoms with E-state index >= 15 is 0 Å². The van der Waals surface area contributed by atoms with E-state index in [-0.39, 0.29) is 5.91 Å². The number of nitrogens with zero attached hydrogens (tertiary/aromatic N) is 3. The lowest BCUT2D eigenvalue weighted by atomic mass is 10.3. The molecule has 1 heterocycles. The summed E-state index contributed by atoms with van der Waals surface area (Å²) in [5.41, 5.74) is 0.362. The summed E-state index contributed by atoms with van der Waals surface area (Å²) < 4.78 is 0. The Bertz CT molecular complexity index is 306. The van der Waals surface area contributed by atoms with E-state index in [9.17, 15) is 4.79 Å². The van der Waals surface area contributed by atoms with Crippen molar-refractivity contribution in [1.29, 1.82) is 0 Å². The molecular formula is C9H11N3O. The van der Waals surface area contributed by atoms with E-state index in [1.807, 2.05) is 0 Å². The second-order valence-corrected chi connectivity index (χ2v) is 2.73. The Hall–Kier alpha value is -1.71. The van der Waals surface area contributed by atoms with Gasteiger partial charge in [0.05, 0.1) is 6.34 Å². The van der Waals surface area contributed by atoms with Gasteiger partial charge in [-0.1, -0.05) is 6.07 Å². The number of hydrogen-bond donors (Lipinski definition) is 0. The molecule has 1 amide bonds. The molecule has 0 unspecified atom stereocenters. The minimum atomic E-state index is -0.325. The van der Waals surface area contributed by atoms with Gasteiger partial charge in [-0.25, -0.2) is 0 Å². The van der Waals surface area contributed by atoms with Gasteiger partial charge in [0.2, 0.25) is 0 Å². The summed E-state index contributed by atoms with van der Waals surface area (Å²) in [4.78, 5) is 20.5. The normalized spacial score (nSPS) is 10.3. The first kappa shape index (κ1) is 9.38. The smallest absolute Gasteiger partial charge is 0.296 e. The maximum absolute atomic E-state index is 11.3. The second kappa shape index (κ2) is 4.35. The van der Waals surface area contributed by atoms with Crippen LogP contribution in [-0.2, 0) is 0 Å². The topological polar surface area (TPSA) is 45.6 Å². The van der Waals surface area contributed by atoms with Crippen LogP contribution >= 0.6 is 0 Å². The van der Waals surface area contributed by atoms with Crippen molar-refractivity contribution in [2.45, 2.75) is 0 Å². The quantitative estimate of drug-likeness (QED) is 0.496. The number of carbonyl (C=O) groups excluding carboxylic acids is 1. The summed E-state index contributed by atoms with van der Waals surface area (Å²) in [5.74, 6) is -0.325. The summed E-state index contributed by atoms with van der Waals surface area (Å²) in [5, 5.41) is 0. The first-order valence-electron chi connectivity index (χ1n) is 3.86. The van der Waals surface area contributed by atoms with Crippen molar-refractivity contribution < 1.29 is 4.79 Å². The van der Waals surface area contributed by atoms with E-state index in [1.165, 1.54) is 6.34 Å². The number of rotatable bonds is 2. The molecule has 4 nitrogen and oxygen atoms in total. The van der Waals surface area contributed by atoms with Crippen LogP contribution in [0.2, 0.25) is 0 Å². The van der Waals surface area contributed by atoms with Crippen LogP contribution < -0.4 is 0 Å². The fourth-order valence-corrected chi connectivity index (χ4v) is 0.723. The van der Waals surface area contributed by atoms with Crippen LogP contribution in [0, 0.1) is 0 Å². The van der Waals surface area contributed by atoms with Crippen molar-refractivity contribution in [3.05, 3.63) is 30.1 Å². The molecule has 0 N–H and O–H groups in total. The van der Waals surface area contributed by atoms with Gasteiger partial charge in [0.1, 0.15) is 5.69 Å².